The summed E-state index contributed by atoms with van der Waals surface area (Å²) in [5.41, 5.74) is 1.60. The van der Waals surface area contributed by atoms with Crippen LogP contribution in [0.3, 0.4) is 0 Å². The van der Waals surface area contributed by atoms with Crippen LogP contribution < -0.4 is 5.32 Å². The van der Waals surface area contributed by atoms with Crippen molar-refractivity contribution in [2.45, 2.75) is 45.2 Å². The van der Waals surface area contributed by atoms with E-state index >= 15 is 0 Å². The highest BCUT2D eigenvalue weighted by Gasteiger charge is 2.42. The molecule has 118 valence electrons. The van der Waals surface area contributed by atoms with Gasteiger partial charge in [0, 0.05) is 31.8 Å². The molecule has 2 atom stereocenters. The van der Waals surface area contributed by atoms with Crippen LogP contribution >= 0.6 is 0 Å². The molecule has 1 aromatic carbocycles. The van der Waals surface area contributed by atoms with Gasteiger partial charge in [-0.15, -0.1) is 0 Å². The molecule has 0 radical (unpaired) electrons. The van der Waals surface area contributed by atoms with Gasteiger partial charge in [-0.25, -0.2) is 0 Å². The van der Waals surface area contributed by atoms with E-state index in [4.69, 9.17) is 4.74 Å². The summed E-state index contributed by atoms with van der Waals surface area (Å²) in [7, 11) is 0. The van der Waals surface area contributed by atoms with Crippen LogP contribution in [0.1, 0.15) is 39.7 Å². The van der Waals surface area contributed by atoms with Crippen molar-refractivity contribution in [3.63, 3.8) is 0 Å². The number of benzene rings is 1. The van der Waals surface area contributed by atoms with E-state index in [-0.39, 0.29) is 11.1 Å². The smallest absolute Gasteiger partial charge is 0.0593 e. The zero-order valence-corrected chi connectivity index (χ0v) is 14.0. The molecule has 0 spiro atoms. The second-order valence-corrected chi connectivity index (χ2v) is 6.52. The molecule has 1 heterocycles. The minimum Gasteiger partial charge on any atom is -0.380 e. The molecule has 2 rings (SSSR count). The molecule has 2 unspecified atom stereocenters. The summed E-state index contributed by atoms with van der Waals surface area (Å²) < 4.78 is 5.59. The Morgan fingerprint density at radius 1 is 1.19 bits per heavy atom. The third-order valence-corrected chi connectivity index (χ3v) is 5.01. The molecule has 21 heavy (non-hydrogen) atoms. The predicted molar refractivity (Wildman–Crippen MR) is 88.6 cm³/mol. The van der Waals surface area contributed by atoms with Crippen LogP contribution in [0.5, 0.6) is 0 Å². The van der Waals surface area contributed by atoms with Crippen molar-refractivity contribution in [1.82, 2.24) is 10.2 Å². The van der Waals surface area contributed by atoms with Gasteiger partial charge in [0.15, 0.2) is 0 Å². The van der Waals surface area contributed by atoms with Gasteiger partial charge >= 0.3 is 0 Å². The van der Waals surface area contributed by atoms with Gasteiger partial charge in [-0.3, -0.25) is 4.90 Å². The topological polar surface area (TPSA) is 24.5 Å². The van der Waals surface area contributed by atoms with Crippen molar-refractivity contribution in [2.75, 3.05) is 32.8 Å². The summed E-state index contributed by atoms with van der Waals surface area (Å²) in [5.74, 6) is 0. The largest absolute Gasteiger partial charge is 0.380 e. The van der Waals surface area contributed by atoms with Gasteiger partial charge in [0.2, 0.25) is 0 Å². The number of ether oxygens (including phenoxy) is 1. The minimum absolute atomic E-state index is 0.0160. The molecule has 1 aliphatic heterocycles. The van der Waals surface area contributed by atoms with E-state index in [1.165, 1.54) is 5.56 Å². The lowest BCUT2D eigenvalue weighted by Crippen LogP contribution is -2.67. The third-order valence-electron chi connectivity index (χ3n) is 5.01. The lowest BCUT2D eigenvalue weighted by molar-refractivity contribution is -0.00464. The SMILES string of the molecule is CCOCCN1CC(C)(c2ccccc2)NCC1(C)CC. The fourth-order valence-corrected chi connectivity index (χ4v) is 3.14. The molecule has 3 nitrogen and oxygen atoms in total. The number of piperazine rings is 1. The standard InChI is InChI=1S/C18H30N2O/c1-5-17(3)14-19-18(4,16-10-8-7-9-11-16)15-20(17)12-13-21-6-2/h7-11,19H,5-6,12-15H2,1-4H3. The Balaban J connectivity index is 2.14. The second-order valence-electron chi connectivity index (χ2n) is 6.52. The Morgan fingerprint density at radius 3 is 2.52 bits per heavy atom. The summed E-state index contributed by atoms with van der Waals surface area (Å²) in [6.45, 7) is 13.7. The van der Waals surface area contributed by atoms with E-state index in [1.54, 1.807) is 0 Å². The molecule has 3 heteroatoms. The molecular formula is C18H30N2O. The van der Waals surface area contributed by atoms with Gasteiger partial charge in [0.25, 0.3) is 0 Å². The van der Waals surface area contributed by atoms with Crippen LogP contribution in [-0.4, -0.2) is 43.3 Å². The van der Waals surface area contributed by atoms with Crippen LogP contribution in [0.2, 0.25) is 0 Å². The molecule has 1 saturated heterocycles. The lowest BCUT2D eigenvalue weighted by Gasteiger charge is -2.52. The maximum atomic E-state index is 5.59. The minimum atomic E-state index is 0.0160. The normalized spacial score (nSPS) is 30.5. The molecule has 1 fully saturated rings. The van der Waals surface area contributed by atoms with Crippen molar-refractivity contribution in [3.8, 4) is 0 Å². The fraction of sp³-hybridized carbons (Fsp3) is 0.667. The zero-order chi connectivity index (χ0) is 15.3. The molecule has 0 saturated carbocycles. The van der Waals surface area contributed by atoms with Crippen LogP contribution in [0.4, 0.5) is 0 Å². The summed E-state index contributed by atoms with van der Waals surface area (Å²) >= 11 is 0. The summed E-state index contributed by atoms with van der Waals surface area (Å²) in [5, 5.41) is 3.79. The van der Waals surface area contributed by atoms with Gasteiger partial charge < -0.3 is 10.1 Å². The predicted octanol–water partition coefficient (Wildman–Crippen LogP) is 3.01. The monoisotopic (exact) mass is 290 g/mol. The Kier molecular flexibility index (Phi) is 5.42. The van der Waals surface area contributed by atoms with E-state index in [9.17, 15) is 0 Å². The zero-order valence-electron chi connectivity index (χ0n) is 14.0. The highest BCUT2D eigenvalue weighted by atomic mass is 16.5. The van der Waals surface area contributed by atoms with Gasteiger partial charge in [0.05, 0.1) is 12.1 Å². The van der Waals surface area contributed by atoms with Gasteiger partial charge in [-0.05, 0) is 32.8 Å². The molecule has 1 aromatic rings. The average molecular weight is 290 g/mol. The number of nitrogens with one attached hydrogen (secondary N) is 1. The van der Waals surface area contributed by atoms with E-state index in [2.05, 4.69) is 68.2 Å². The van der Waals surface area contributed by atoms with Crippen LogP contribution in [-0.2, 0) is 10.3 Å². The fourth-order valence-electron chi connectivity index (χ4n) is 3.14. The Hall–Kier alpha value is -0.900. The molecule has 1 N–H and O–H groups in total. The summed E-state index contributed by atoms with van der Waals surface area (Å²) in [6, 6.07) is 10.8. The molecule has 0 amide bonds. The third kappa shape index (κ3) is 3.65. The van der Waals surface area contributed by atoms with Crippen LogP contribution in [0.15, 0.2) is 30.3 Å². The number of hydrogen-bond acceptors (Lipinski definition) is 3. The quantitative estimate of drug-likeness (QED) is 0.815. The van der Waals surface area contributed by atoms with Crippen molar-refractivity contribution < 1.29 is 4.74 Å². The molecule has 0 aliphatic carbocycles. The second kappa shape index (κ2) is 6.91. The first-order valence-corrected chi connectivity index (χ1v) is 8.17. The summed E-state index contributed by atoms with van der Waals surface area (Å²) in [6.07, 6.45) is 1.15. The van der Waals surface area contributed by atoms with E-state index < -0.39 is 0 Å². The maximum Gasteiger partial charge on any atom is 0.0593 e. The Bertz CT molecular complexity index is 436. The average Bonchev–Trinajstić information content (AvgIpc) is 2.52. The number of nitrogens with zero attached hydrogens (tertiary/aromatic N) is 1. The van der Waals surface area contributed by atoms with Gasteiger partial charge in [0.1, 0.15) is 0 Å². The van der Waals surface area contributed by atoms with E-state index in [0.29, 0.717) is 0 Å². The van der Waals surface area contributed by atoms with Gasteiger partial charge in [-0.1, -0.05) is 37.3 Å². The molecule has 0 bridgehead atoms. The molecule has 1 aliphatic rings. The lowest BCUT2D eigenvalue weighted by atomic mass is 9.83. The van der Waals surface area contributed by atoms with Crippen molar-refractivity contribution in [2.24, 2.45) is 0 Å². The number of rotatable bonds is 6. The summed E-state index contributed by atoms with van der Waals surface area (Å²) in [4.78, 5) is 2.60. The Morgan fingerprint density at radius 2 is 1.90 bits per heavy atom. The first-order chi connectivity index (χ1) is 10.0. The first kappa shape index (κ1) is 16.5. The molecule has 0 aromatic heterocycles. The van der Waals surface area contributed by atoms with Crippen molar-refractivity contribution >= 4 is 0 Å². The highest BCUT2D eigenvalue weighted by molar-refractivity contribution is 5.25. The van der Waals surface area contributed by atoms with Crippen LogP contribution in [0, 0.1) is 0 Å². The van der Waals surface area contributed by atoms with Crippen LogP contribution in [0.25, 0.3) is 0 Å². The van der Waals surface area contributed by atoms with E-state index in [0.717, 1.165) is 39.3 Å². The van der Waals surface area contributed by atoms with E-state index in [1.807, 2.05) is 0 Å². The van der Waals surface area contributed by atoms with Gasteiger partial charge in [-0.2, -0.15) is 0 Å². The van der Waals surface area contributed by atoms with Crippen molar-refractivity contribution in [3.05, 3.63) is 35.9 Å². The maximum absolute atomic E-state index is 5.59. The molecular weight excluding hydrogens is 260 g/mol. The highest BCUT2D eigenvalue weighted by Crippen LogP contribution is 2.32. The Labute approximate surface area is 129 Å². The van der Waals surface area contributed by atoms with Crippen molar-refractivity contribution in [1.29, 1.82) is 0 Å². The first-order valence-electron chi connectivity index (χ1n) is 8.17. The number of hydrogen-bond donors (Lipinski definition) is 1.